The highest BCUT2D eigenvalue weighted by atomic mass is 16.6. The Labute approximate surface area is 122 Å². The van der Waals surface area contributed by atoms with Gasteiger partial charge >= 0.3 is 0 Å². The number of hydrogen-bond donors (Lipinski definition) is 0. The zero-order valence-corrected chi connectivity index (χ0v) is 11.2. The molecule has 0 N–H and O–H groups in total. The summed E-state index contributed by atoms with van der Waals surface area (Å²) in [6.07, 6.45) is 3.49. The van der Waals surface area contributed by atoms with Crippen LogP contribution >= 0.6 is 0 Å². The number of para-hydroxylation sites is 2. The summed E-state index contributed by atoms with van der Waals surface area (Å²) in [5.74, 6) is 3.61. The summed E-state index contributed by atoms with van der Waals surface area (Å²) in [4.78, 5) is 0. The van der Waals surface area contributed by atoms with E-state index in [9.17, 15) is 0 Å². The second-order valence-corrected chi connectivity index (χ2v) is 4.73. The number of allylic oxidation sites excluding steroid dienone is 1. The van der Waals surface area contributed by atoms with E-state index in [4.69, 9.17) is 18.9 Å². The molecule has 2 heterocycles. The third-order valence-electron chi connectivity index (χ3n) is 3.25. The largest absolute Gasteiger partial charge is 0.486 e. The quantitative estimate of drug-likeness (QED) is 0.846. The first-order valence-electron chi connectivity index (χ1n) is 6.77. The van der Waals surface area contributed by atoms with Gasteiger partial charge in [0.25, 0.3) is 0 Å². The van der Waals surface area contributed by atoms with Crippen LogP contribution < -0.4 is 18.9 Å². The van der Waals surface area contributed by atoms with Crippen LogP contribution in [0.25, 0.3) is 0 Å². The van der Waals surface area contributed by atoms with Crippen molar-refractivity contribution < 1.29 is 18.9 Å². The standard InChI is InChI=1S/C17H13O4/c1-2-4-16-14(3-1)20-11-13(21-16)9-12-5-6-15-17(10-12)19-8-7-18-15/h1-6,9-11H,7-8H2. The molecule has 2 aromatic carbocycles. The lowest BCUT2D eigenvalue weighted by Crippen LogP contribution is -2.15. The van der Waals surface area contributed by atoms with Crippen LogP contribution in [0.2, 0.25) is 0 Å². The molecule has 21 heavy (non-hydrogen) atoms. The van der Waals surface area contributed by atoms with Gasteiger partial charge in [0, 0.05) is 0 Å². The first kappa shape index (κ1) is 12.1. The predicted octanol–water partition coefficient (Wildman–Crippen LogP) is 3.32. The molecular weight excluding hydrogens is 268 g/mol. The Morgan fingerprint density at radius 2 is 1.62 bits per heavy atom. The summed E-state index contributed by atoms with van der Waals surface area (Å²) in [5.41, 5.74) is 0.966. The van der Waals surface area contributed by atoms with Gasteiger partial charge in [-0.05, 0) is 29.8 Å². The fourth-order valence-corrected chi connectivity index (χ4v) is 2.28. The monoisotopic (exact) mass is 281 g/mol. The first-order chi connectivity index (χ1) is 10.4. The normalized spacial score (nSPS) is 15.3. The third kappa shape index (κ3) is 2.40. The topological polar surface area (TPSA) is 36.9 Å². The van der Waals surface area contributed by atoms with Crippen molar-refractivity contribution in [2.75, 3.05) is 13.2 Å². The van der Waals surface area contributed by atoms with Crippen LogP contribution in [-0.2, 0) is 0 Å². The van der Waals surface area contributed by atoms with Gasteiger partial charge < -0.3 is 18.9 Å². The molecule has 105 valence electrons. The van der Waals surface area contributed by atoms with Crippen LogP contribution in [0.15, 0.2) is 54.5 Å². The summed E-state index contributed by atoms with van der Waals surface area (Å²) < 4.78 is 22.4. The Morgan fingerprint density at radius 1 is 0.810 bits per heavy atom. The Hall–Kier alpha value is -2.62. The minimum Gasteiger partial charge on any atom is -0.486 e. The molecule has 4 rings (SSSR count). The fraction of sp³-hybridized carbons (Fsp3) is 0.118. The minimum atomic E-state index is 0.576. The van der Waals surface area contributed by atoms with E-state index < -0.39 is 0 Å². The van der Waals surface area contributed by atoms with Crippen molar-refractivity contribution in [3.05, 3.63) is 66.5 Å². The van der Waals surface area contributed by atoms with E-state index in [0.717, 1.165) is 22.8 Å². The summed E-state index contributed by atoms with van der Waals surface area (Å²) in [5, 5.41) is 0. The molecule has 4 heteroatoms. The smallest absolute Gasteiger partial charge is 0.169 e. The second-order valence-electron chi connectivity index (χ2n) is 4.73. The lowest BCUT2D eigenvalue weighted by Gasteiger charge is -2.20. The van der Waals surface area contributed by atoms with E-state index in [2.05, 4.69) is 0 Å². The SMILES string of the molecule is [CH](C1=COc2ccccc2O1)c1ccc2c(c1)OCCO2. The molecule has 0 saturated heterocycles. The Morgan fingerprint density at radius 3 is 2.52 bits per heavy atom. The molecular formula is C17H13O4. The van der Waals surface area contributed by atoms with E-state index in [1.807, 2.05) is 48.9 Å². The van der Waals surface area contributed by atoms with Crippen LogP contribution in [0.5, 0.6) is 23.0 Å². The zero-order valence-electron chi connectivity index (χ0n) is 11.2. The van der Waals surface area contributed by atoms with Gasteiger partial charge in [-0.25, -0.2) is 0 Å². The molecule has 0 fully saturated rings. The highest BCUT2D eigenvalue weighted by Crippen LogP contribution is 2.35. The fourth-order valence-electron chi connectivity index (χ4n) is 2.28. The van der Waals surface area contributed by atoms with E-state index >= 15 is 0 Å². The van der Waals surface area contributed by atoms with Gasteiger partial charge in [-0.3, -0.25) is 0 Å². The number of ether oxygens (including phenoxy) is 4. The lowest BCUT2D eigenvalue weighted by atomic mass is 10.1. The minimum absolute atomic E-state index is 0.576. The van der Waals surface area contributed by atoms with Gasteiger partial charge in [0.1, 0.15) is 25.2 Å². The summed E-state index contributed by atoms with van der Waals surface area (Å²) >= 11 is 0. The maximum atomic E-state index is 5.79. The average molecular weight is 281 g/mol. The molecule has 0 spiro atoms. The van der Waals surface area contributed by atoms with Gasteiger partial charge in [0.2, 0.25) is 0 Å². The molecule has 2 aliphatic heterocycles. The van der Waals surface area contributed by atoms with Gasteiger partial charge in [-0.1, -0.05) is 18.2 Å². The number of rotatable bonds is 2. The van der Waals surface area contributed by atoms with Gasteiger partial charge in [-0.2, -0.15) is 0 Å². The molecule has 0 amide bonds. The second kappa shape index (κ2) is 5.05. The lowest BCUT2D eigenvalue weighted by molar-refractivity contribution is 0.171. The Kier molecular flexibility index (Phi) is 2.92. The molecule has 2 aliphatic rings. The summed E-state index contributed by atoms with van der Waals surface area (Å²) in [6.45, 7) is 1.17. The molecule has 1 radical (unpaired) electrons. The van der Waals surface area contributed by atoms with Crippen molar-refractivity contribution in [2.24, 2.45) is 0 Å². The van der Waals surface area contributed by atoms with Crippen LogP contribution in [0.4, 0.5) is 0 Å². The van der Waals surface area contributed by atoms with Crippen LogP contribution in [0.3, 0.4) is 0 Å². The number of fused-ring (bicyclic) bond motifs is 2. The Bertz CT molecular complexity index is 706. The average Bonchev–Trinajstić information content (AvgIpc) is 2.55. The van der Waals surface area contributed by atoms with E-state index in [1.165, 1.54) is 0 Å². The summed E-state index contributed by atoms with van der Waals surface area (Å²) in [7, 11) is 0. The number of hydrogen-bond acceptors (Lipinski definition) is 4. The summed E-state index contributed by atoms with van der Waals surface area (Å²) in [6, 6.07) is 13.4. The molecule has 0 saturated carbocycles. The van der Waals surface area contributed by atoms with E-state index in [1.54, 1.807) is 6.26 Å². The van der Waals surface area contributed by atoms with Crippen molar-refractivity contribution in [3.8, 4) is 23.0 Å². The molecule has 0 aromatic heterocycles. The van der Waals surface area contributed by atoms with Crippen molar-refractivity contribution in [3.63, 3.8) is 0 Å². The molecule has 0 bridgehead atoms. The highest BCUT2D eigenvalue weighted by molar-refractivity contribution is 5.49. The predicted molar refractivity (Wildman–Crippen MR) is 76.6 cm³/mol. The van der Waals surface area contributed by atoms with Gasteiger partial charge in [-0.15, -0.1) is 0 Å². The first-order valence-corrected chi connectivity index (χ1v) is 6.77. The third-order valence-corrected chi connectivity index (χ3v) is 3.25. The van der Waals surface area contributed by atoms with Crippen LogP contribution in [0, 0.1) is 6.42 Å². The Balaban J connectivity index is 1.53. The zero-order chi connectivity index (χ0) is 14.1. The van der Waals surface area contributed by atoms with E-state index in [-0.39, 0.29) is 0 Å². The molecule has 2 aromatic rings. The van der Waals surface area contributed by atoms with Gasteiger partial charge in [0.05, 0.1) is 6.42 Å². The van der Waals surface area contributed by atoms with Crippen LogP contribution in [0.1, 0.15) is 5.56 Å². The van der Waals surface area contributed by atoms with Crippen LogP contribution in [-0.4, -0.2) is 13.2 Å². The molecule has 0 aliphatic carbocycles. The van der Waals surface area contributed by atoms with Crippen molar-refractivity contribution in [1.82, 2.24) is 0 Å². The van der Waals surface area contributed by atoms with Crippen molar-refractivity contribution in [1.29, 1.82) is 0 Å². The van der Waals surface area contributed by atoms with Crippen molar-refractivity contribution in [2.45, 2.75) is 0 Å². The van der Waals surface area contributed by atoms with Crippen molar-refractivity contribution >= 4 is 0 Å². The number of benzene rings is 2. The van der Waals surface area contributed by atoms with E-state index in [0.29, 0.717) is 24.7 Å². The van der Waals surface area contributed by atoms with Gasteiger partial charge in [0.15, 0.2) is 23.0 Å². The maximum absolute atomic E-state index is 5.79. The molecule has 0 unspecified atom stereocenters. The molecule has 0 atom stereocenters. The highest BCUT2D eigenvalue weighted by Gasteiger charge is 2.16. The molecule has 4 nitrogen and oxygen atoms in total. The maximum Gasteiger partial charge on any atom is 0.169 e.